The summed E-state index contributed by atoms with van der Waals surface area (Å²) >= 11 is 3.36. The first kappa shape index (κ1) is 16.7. The summed E-state index contributed by atoms with van der Waals surface area (Å²) < 4.78 is 5.71. The first-order valence-electron chi connectivity index (χ1n) is 6.51. The van der Waals surface area contributed by atoms with E-state index in [-0.39, 0.29) is 5.91 Å². The molecule has 1 amide bonds. The topological polar surface area (TPSA) is 55.4 Å². The summed E-state index contributed by atoms with van der Waals surface area (Å²) in [6.45, 7) is 5.50. The number of ether oxygens (including phenoxy) is 1. The van der Waals surface area contributed by atoms with Crippen LogP contribution in [0.5, 0.6) is 0 Å². The van der Waals surface area contributed by atoms with Crippen LogP contribution in [0.25, 0.3) is 0 Å². The summed E-state index contributed by atoms with van der Waals surface area (Å²) in [6.07, 6.45) is 1.30. The normalized spacial score (nSPS) is 13.4. The highest BCUT2D eigenvalue weighted by atomic mass is 79.9. The van der Waals surface area contributed by atoms with Gasteiger partial charge >= 0.3 is 5.97 Å². The Morgan fingerprint density at radius 2 is 2.05 bits per heavy atom. The lowest BCUT2D eigenvalue weighted by Crippen LogP contribution is -2.52. The summed E-state index contributed by atoms with van der Waals surface area (Å²) in [5.74, 6) is -0.696. The molecule has 0 aromatic heterocycles. The van der Waals surface area contributed by atoms with Crippen molar-refractivity contribution in [2.24, 2.45) is 0 Å². The van der Waals surface area contributed by atoms with Gasteiger partial charge in [-0.2, -0.15) is 0 Å². The fourth-order valence-corrected chi connectivity index (χ4v) is 2.62. The summed E-state index contributed by atoms with van der Waals surface area (Å²) in [5, 5.41) is 2.79. The second-order valence-electron chi connectivity index (χ2n) is 4.99. The number of carbonyl (C=O) groups excluding carboxylic acids is 2. The zero-order valence-corrected chi connectivity index (χ0v) is 13.8. The van der Waals surface area contributed by atoms with Gasteiger partial charge in [0.1, 0.15) is 5.54 Å². The van der Waals surface area contributed by atoms with E-state index in [0.717, 1.165) is 16.5 Å². The second kappa shape index (κ2) is 6.88. The molecule has 0 aliphatic rings. The molecule has 5 heteroatoms. The van der Waals surface area contributed by atoms with Crippen molar-refractivity contribution in [3.63, 3.8) is 0 Å². The van der Waals surface area contributed by atoms with Crippen molar-refractivity contribution in [3.8, 4) is 0 Å². The van der Waals surface area contributed by atoms with Crippen LogP contribution in [0.2, 0.25) is 0 Å². The molecule has 4 nitrogen and oxygen atoms in total. The zero-order valence-electron chi connectivity index (χ0n) is 12.2. The van der Waals surface area contributed by atoms with Crippen molar-refractivity contribution in [1.29, 1.82) is 0 Å². The Hall–Kier alpha value is -1.36. The summed E-state index contributed by atoms with van der Waals surface area (Å²) in [7, 11) is 1.33. The number of hydrogen-bond acceptors (Lipinski definition) is 3. The van der Waals surface area contributed by atoms with Crippen molar-refractivity contribution in [3.05, 3.63) is 33.8 Å². The molecule has 1 unspecified atom stereocenters. The van der Waals surface area contributed by atoms with Gasteiger partial charge in [-0.1, -0.05) is 29.3 Å². The summed E-state index contributed by atoms with van der Waals surface area (Å²) in [5.41, 5.74) is 0.403. The third kappa shape index (κ3) is 3.82. The highest BCUT2D eigenvalue weighted by molar-refractivity contribution is 9.10. The number of methoxy groups -OCH3 is 1. The van der Waals surface area contributed by atoms with Gasteiger partial charge in [-0.15, -0.1) is 0 Å². The van der Waals surface area contributed by atoms with Crippen LogP contribution < -0.4 is 5.32 Å². The van der Waals surface area contributed by atoms with Gasteiger partial charge in [0.05, 0.1) is 7.11 Å². The fourth-order valence-electron chi connectivity index (χ4n) is 2.14. The molecule has 1 aromatic carbocycles. The van der Waals surface area contributed by atoms with Gasteiger partial charge in [-0.3, -0.25) is 4.79 Å². The fraction of sp³-hybridized carbons (Fsp3) is 0.467. The maximum atomic E-state index is 12.4. The van der Waals surface area contributed by atoms with Crippen LogP contribution in [-0.2, 0) is 9.53 Å². The van der Waals surface area contributed by atoms with Crippen LogP contribution in [0.15, 0.2) is 22.7 Å². The van der Waals surface area contributed by atoms with Gasteiger partial charge in [-0.05, 0) is 44.0 Å². The Balaban J connectivity index is 2.99. The lowest BCUT2D eigenvalue weighted by molar-refractivity contribution is -0.147. The van der Waals surface area contributed by atoms with Gasteiger partial charge in [0.15, 0.2) is 0 Å². The Kier molecular flexibility index (Phi) is 5.74. The molecule has 20 heavy (non-hydrogen) atoms. The van der Waals surface area contributed by atoms with Gasteiger partial charge in [0.25, 0.3) is 5.91 Å². The van der Waals surface area contributed by atoms with Gasteiger partial charge < -0.3 is 10.1 Å². The number of benzene rings is 1. The number of carbonyl (C=O) groups is 2. The third-order valence-corrected chi connectivity index (χ3v) is 3.70. The number of nitrogens with one attached hydrogen (secondary N) is 1. The lowest BCUT2D eigenvalue weighted by atomic mass is 9.95. The highest BCUT2D eigenvalue weighted by Gasteiger charge is 2.35. The Labute approximate surface area is 128 Å². The van der Waals surface area contributed by atoms with Crippen LogP contribution in [0.1, 0.15) is 42.6 Å². The van der Waals surface area contributed by atoms with E-state index >= 15 is 0 Å². The number of halogens is 1. The minimum atomic E-state index is -1.000. The number of hydrogen-bond donors (Lipinski definition) is 1. The molecule has 0 bridgehead atoms. The van der Waals surface area contributed by atoms with E-state index in [2.05, 4.69) is 21.2 Å². The van der Waals surface area contributed by atoms with Crippen molar-refractivity contribution >= 4 is 27.8 Å². The molecular weight excluding hydrogens is 322 g/mol. The molecule has 0 aliphatic heterocycles. The maximum absolute atomic E-state index is 12.4. The van der Waals surface area contributed by atoms with Gasteiger partial charge in [0, 0.05) is 10.0 Å². The second-order valence-corrected chi connectivity index (χ2v) is 5.90. The lowest BCUT2D eigenvalue weighted by Gasteiger charge is -2.27. The average Bonchev–Trinajstić information content (AvgIpc) is 2.37. The van der Waals surface area contributed by atoms with Crippen molar-refractivity contribution in [1.82, 2.24) is 5.32 Å². The SMILES string of the molecule is CCCC(C)(NC(=O)c1ccc(Br)cc1C)C(=O)OC. The summed E-state index contributed by atoms with van der Waals surface area (Å²) in [4.78, 5) is 24.2. The highest BCUT2D eigenvalue weighted by Crippen LogP contribution is 2.19. The van der Waals surface area contributed by atoms with Crippen LogP contribution >= 0.6 is 15.9 Å². The molecule has 1 rings (SSSR count). The van der Waals surface area contributed by atoms with E-state index in [9.17, 15) is 9.59 Å². The predicted octanol–water partition coefficient (Wildman–Crippen LogP) is 3.22. The molecular formula is C15H20BrNO3. The van der Waals surface area contributed by atoms with Crippen LogP contribution in [0.3, 0.4) is 0 Å². The first-order valence-corrected chi connectivity index (χ1v) is 7.30. The quantitative estimate of drug-likeness (QED) is 0.836. The first-order chi connectivity index (χ1) is 9.34. The third-order valence-electron chi connectivity index (χ3n) is 3.21. The molecule has 0 spiro atoms. The van der Waals surface area contributed by atoms with Crippen molar-refractivity contribution in [2.45, 2.75) is 39.2 Å². The Bertz CT molecular complexity index is 516. The molecule has 110 valence electrons. The standard InChI is InChI=1S/C15H20BrNO3/c1-5-8-15(3,14(19)20-4)17-13(18)12-7-6-11(16)9-10(12)2/h6-7,9H,5,8H2,1-4H3,(H,17,18). The largest absolute Gasteiger partial charge is 0.467 e. The molecule has 0 aliphatic carbocycles. The van der Waals surface area contributed by atoms with E-state index < -0.39 is 11.5 Å². The van der Waals surface area contributed by atoms with Crippen molar-refractivity contribution in [2.75, 3.05) is 7.11 Å². The van der Waals surface area contributed by atoms with Crippen LogP contribution in [-0.4, -0.2) is 24.5 Å². The van der Waals surface area contributed by atoms with E-state index in [0.29, 0.717) is 12.0 Å². The Morgan fingerprint density at radius 1 is 1.40 bits per heavy atom. The smallest absolute Gasteiger partial charge is 0.331 e. The van der Waals surface area contributed by atoms with Crippen LogP contribution in [0, 0.1) is 6.92 Å². The molecule has 1 atom stereocenters. The number of esters is 1. The molecule has 0 fully saturated rings. The van der Waals surface area contributed by atoms with E-state index in [1.165, 1.54) is 7.11 Å². The van der Waals surface area contributed by atoms with Crippen molar-refractivity contribution < 1.29 is 14.3 Å². The number of amides is 1. The number of rotatable bonds is 5. The zero-order chi connectivity index (χ0) is 15.3. The monoisotopic (exact) mass is 341 g/mol. The molecule has 1 aromatic rings. The predicted molar refractivity (Wildman–Crippen MR) is 81.7 cm³/mol. The Morgan fingerprint density at radius 3 is 2.55 bits per heavy atom. The molecule has 0 heterocycles. The molecule has 0 saturated carbocycles. The van der Waals surface area contributed by atoms with Crippen LogP contribution in [0.4, 0.5) is 0 Å². The van der Waals surface area contributed by atoms with Gasteiger partial charge in [-0.25, -0.2) is 4.79 Å². The van der Waals surface area contributed by atoms with E-state index in [1.54, 1.807) is 19.1 Å². The van der Waals surface area contributed by atoms with Gasteiger partial charge in [0.2, 0.25) is 0 Å². The average molecular weight is 342 g/mol. The van der Waals surface area contributed by atoms with E-state index in [1.807, 2.05) is 19.9 Å². The molecule has 0 radical (unpaired) electrons. The minimum Gasteiger partial charge on any atom is -0.467 e. The van der Waals surface area contributed by atoms with E-state index in [4.69, 9.17) is 4.74 Å². The summed E-state index contributed by atoms with van der Waals surface area (Å²) in [6, 6.07) is 5.40. The minimum absolute atomic E-state index is 0.267. The maximum Gasteiger partial charge on any atom is 0.331 e. The molecule has 0 saturated heterocycles. The number of aryl methyl sites for hydroxylation is 1. The molecule has 1 N–H and O–H groups in total.